The Morgan fingerprint density at radius 3 is 1.39 bits per heavy atom. The van der Waals surface area contributed by atoms with Gasteiger partial charge in [-0.15, -0.1) is 0 Å². The summed E-state index contributed by atoms with van der Waals surface area (Å²) >= 11 is 0. The smallest absolute Gasteiger partial charge is 0.303 e. The molecule has 0 heterocycles. The van der Waals surface area contributed by atoms with Crippen LogP contribution in [0.15, 0.2) is 0 Å². The van der Waals surface area contributed by atoms with Gasteiger partial charge in [0.1, 0.15) is 0 Å². The van der Waals surface area contributed by atoms with Gasteiger partial charge in [0.2, 0.25) is 0 Å². The fraction of sp³-hybridized carbons (Fsp3) is 0.947. The highest BCUT2D eigenvalue weighted by Gasteiger charge is 1.96. The highest BCUT2D eigenvalue weighted by Crippen LogP contribution is 2.12. The molecular formula is C19H42N2O2. The van der Waals surface area contributed by atoms with Crippen LogP contribution in [0.3, 0.4) is 0 Å². The first-order valence-corrected chi connectivity index (χ1v) is 9.72. The van der Waals surface area contributed by atoms with Gasteiger partial charge in [0.25, 0.3) is 0 Å². The number of nitrogens with two attached hydrogens (primary N) is 1. The zero-order chi connectivity index (χ0) is 17.8. The van der Waals surface area contributed by atoms with E-state index in [2.05, 4.69) is 12.3 Å². The number of nitrogens with one attached hydrogen (secondary N) is 1. The molecule has 0 aromatic carbocycles. The molecule has 140 valence electrons. The second-order valence-corrected chi connectivity index (χ2v) is 6.71. The third-order valence-corrected chi connectivity index (χ3v) is 3.83. The SMILES string of the molecule is CC(C)NN.CCCCCCCCCCCCCCCC(=O)O. The van der Waals surface area contributed by atoms with E-state index in [0.29, 0.717) is 12.5 Å². The van der Waals surface area contributed by atoms with Crippen LogP contribution in [-0.2, 0) is 4.79 Å². The van der Waals surface area contributed by atoms with Crippen molar-refractivity contribution in [1.29, 1.82) is 0 Å². The van der Waals surface area contributed by atoms with E-state index in [1.165, 1.54) is 70.6 Å². The Labute approximate surface area is 144 Å². The van der Waals surface area contributed by atoms with Gasteiger partial charge >= 0.3 is 5.97 Å². The number of carboxylic acids is 1. The van der Waals surface area contributed by atoms with Gasteiger partial charge in [0.05, 0.1) is 0 Å². The highest BCUT2D eigenvalue weighted by atomic mass is 16.4. The summed E-state index contributed by atoms with van der Waals surface area (Å²) < 4.78 is 0. The summed E-state index contributed by atoms with van der Waals surface area (Å²) in [6.45, 7) is 6.23. The monoisotopic (exact) mass is 330 g/mol. The van der Waals surface area contributed by atoms with Gasteiger partial charge in [-0.3, -0.25) is 16.1 Å². The van der Waals surface area contributed by atoms with Gasteiger partial charge in [-0.1, -0.05) is 84.0 Å². The summed E-state index contributed by atoms with van der Waals surface area (Å²) in [6, 6.07) is 0.412. The predicted molar refractivity (Wildman–Crippen MR) is 100 cm³/mol. The van der Waals surface area contributed by atoms with E-state index >= 15 is 0 Å². The van der Waals surface area contributed by atoms with Crippen molar-refractivity contribution < 1.29 is 9.90 Å². The Bertz CT molecular complexity index is 233. The van der Waals surface area contributed by atoms with E-state index < -0.39 is 5.97 Å². The van der Waals surface area contributed by atoms with Crippen molar-refractivity contribution in [2.24, 2.45) is 5.84 Å². The molecule has 0 aliphatic rings. The van der Waals surface area contributed by atoms with Gasteiger partial charge < -0.3 is 5.11 Å². The molecule has 0 unspecified atom stereocenters. The van der Waals surface area contributed by atoms with Crippen LogP contribution in [0.2, 0.25) is 0 Å². The number of carboxylic acid groups (broad SMARTS) is 1. The minimum Gasteiger partial charge on any atom is -0.481 e. The van der Waals surface area contributed by atoms with Gasteiger partial charge in [0, 0.05) is 12.5 Å². The molecule has 0 aromatic rings. The lowest BCUT2D eigenvalue weighted by atomic mass is 10.0. The lowest BCUT2D eigenvalue weighted by Gasteiger charge is -2.02. The average molecular weight is 331 g/mol. The zero-order valence-corrected chi connectivity index (χ0v) is 15.9. The fourth-order valence-corrected chi connectivity index (χ4v) is 2.29. The van der Waals surface area contributed by atoms with E-state index in [1.807, 2.05) is 13.8 Å². The van der Waals surface area contributed by atoms with Gasteiger partial charge in [-0.25, -0.2) is 0 Å². The Morgan fingerprint density at radius 2 is 1.13 bits per heavy atom. The maximum atomic E-state index is 10.3. The topological polar surface area (TPSA) is 75.3 Å². The van der Waals surface area contributed by atoms with Gasteiger partial charge in [0.15, 0.2) is 0 Å². The van der Waals surface area contributed by atoms with Crippen LogP contribution >= 0.6 is 0 Å². The zero-order valence-electron chi connectivity index (χ0n) is 15.9. The summed E-state index contributed by atoms with van der Waals surface area (Å²) in [4.78, 5) is 10.3. The molecule has 0 rings (SSSR count). The maximum Gasteiger partial charge on any atom is 0.303 e. The van der Waals surface area contributed by atoms with Crippen molar-refractivity contribution in [1.82, 2.24) is 5.43 Å². The van der Waals surface area contributed by atoms with Crippen molar-refractivity contribution >= 4 is 5.97 Å². The lowest BCUT2D eigenvalue weighted by molar-refractivity contribution is -0.137. The van der Waals surface area contributed by atoms with Gasteiger partial charge in [-0.05, 0) is 20.3 Å². The van der Waals surface area contributed by atoms with Crippen LogP contribution < -0.4 is 11.3 Å². The highest BCUT2D eigenvalue weighted by molar-refractivity contribution is 5.66. The molecule has 0 saturated carbocycles. The Hall–Kier alpha value is -0.610. The maximum absolute atomic E-state index is 10.3. The Kier molecular flexibility index (Phi) is 22.9. The van der Waals surface area contributed by atoms with Crippen LogP contribution in [0.5, 0.6) is 0 Å². The molecule has 4 heteroatoms. The van der Waals surface area contributed by atoms with E-state index in [-0.39, 0.29) is 0 Å². The van der Waals surface area contributed by atoms with Crippen molar-refractivity contribution in [3.63, 3.8) is 0 Å². The molecule has 0 amide bonds. The molecule has 4 nitrogen and oxygen atoms in total. The molecule has 0 aromatic heterocycles. The summed E-state index contributed by atoms with van der Waals surface area (Å²) in [5.74, 6) is 4.27. The third kappa shape index (κ3) is 29.9. The normalized spacial score (nSPS) is 10.5. The number of carbonyl (C=O) groups is 1. The number of rotatable bonds is 15. The molecule has 0 spiro atoms. The van der Waals surface area contributed by atoms with E-state index in [9.17, 15) is 4.79 Å². The summed E-state index contributed by atoms with van der Waals surface area (Å²) in [7, 11) is 0. The second-order valence-electron chi connectivity index (χ2n) is 6.71. The van der Waals surface area contributed by atoms with Crippen molar-refractivity contribution in [2.45, 2.75) is 117 Å². The Balaban J connectivity index is 0. The molecule has 0 saturated heterocycles. The molecule has 0 radical (unpaired) electrons. The molecule has 0 aliphatic heterocycles. The summed E-state index contributed by atoms with van der Waals surface area (Å²) in [6.07, 6.45) is 17.3. The van der Waals surface area contributed by atoms with E-state index in [4.69, 9.17) is 10.9 Å². The van der Waals surface area contributed by atoms with Gasteiger partial charge in [-0.2, -0.15) is 0 Å². The molecule has 23 heavy (non-hydrogen) atoms. The van der Waals surface area contributed by atoms with Crippen LogP contribution in [0.4, 0.5) is 0 Å². The molecule has 0 bridgehead atoms. The number of hydrogen-bond donors (Lipinski definition) is 3. The van der Waals surface area contributed by atoms with Crippen molar-refractivity contribution in [3.05, 3.63) is 0 Å². The molecule has 0 fully saturated rings. The Morgan fingerprint density at radius 1 is 0.826 bits per heavy atom. The average Bonchev–Trinajstić information content (AvgIpc) is 2.52. The fourth-order valence-electron chi connectivity index (χ4n) is 2.29. The second kappa shape index (κ2) is 21.4. The first kappa shape index (κ1) is 24.6. The van der Waals surface area contributed by atoms with Crippen LogP contribution in [0.1, 0.15) is 111 Å². The number of hydrogen-bond acceptors (Lipinski definition) is 3. The molecule has 4 N–H and O–H groups in total. The largest absolute Gasteiger partial charge is 0.481 e. The number of hydrazine groups is 1. The van der Waals surface area contributed by atoms with Crippen LogP contribution in [-0.4, -0.2) is 17.1 Å². The summed E-state index contributed by atoms with van der Waals surface area (Å²) in [5, 5.41) is 8.49. The minimum absolute atomic E-state index is 0.345. The number of aliphatic carboxylic acids is 1. The van der Waals surface area contributed by atoms with E-state index in [0.717, 1.165) is 12.8 Å². The summed E-state index contributed by atoms with van der Waals surface area (Å²) in [5.41, 5.74) is 2.53. The van der Waals surface area contributed by atoms with Crippen molar-refractivity contribution in [2.75, 3.05) is 0 Å². The molecule has 0 aliphatic carbocycles. The lowest BCUT2D eigenvalue weighted by Crippen LogP contribution is -2.29. The quantitative estimate of drug-likeness (QED) is 0.213. The van der Waals surface area contributed by atoms with Crippen LogP contribution in [0, 0.1) is 0 Å². The standard InChI is InChI=1S/C16H32O2.C3H10N2/c1-2-3-4-5-6-7-8-9-10-11-12-13-14-15-16(17)18;1-3(2)5-4/h2-15H2,1H3,(H,17,18);3,5H,4H2,1-2H3. The van der Waals surface area contributed by atoms with Crippen LogP contribution in [0.25, 0.3) is 0 Å². The van der Waals surface area contributed by atoms with E-state index in [1.54, 1.807) is 0 Å². The molecular weight excluding hydrogens is 288 g/mol. The van der Waals surface area contributed by atoms with Crippen molar-refractivity contribution in [3.8, 4) is 0 Å². The minimum atomic E-state index is -0.655. The molecule has 0 atom stereocenters. The predicted octanol–water partition coefficient (Wildman–Crippen LogP) is 5.41. The number of unbranched alkanes of at least 4 members (excludes halogenated alkanes) is 12. The first-order chi connectivity index (χ1) is 11.0. The third-order valence-electron chi connectivity index (χ3n) is 3.83. The first-order valence-electron chi connectivity index (χ1n) is 9.72.